The van der Waals surface area contributed by atoms with Crippen molar-refractivity contribution in [3.05, 3.63) is 28.8 Å². The molecule has 0 saturated heterocycles. The third kappa shape index (κ3) is 4.55. The Labute approximate surface area is 112 Å². The molecule has 0 fully saturated rings. The molecule has 1 aromatic carbocycles. The minimum absolute atomic E-state index is 0.0325. The molecule has 0 aliphatic carbocycles. The average Bonchev–Trinajstić information content (AvgIpc) is 2.29. The van der Waals surface area contributed by atoms with Crippen LogP contribution in [0.25, 0.3) is 0 Å². The lowest BCUT2D eigenvalue weighted by atomic mass is 10.2. The summed E-state index contributed by atoms with van der Waals surface area (Å²) in [6.07, 6.45) is 0. The molecule has 0 aliphatic rings. The molecule has 0 radical (unpaired) electrons. The fraction of sp³-hybridized carbons (Fsp3) is 0.462. The van der Waals surface area contributed by atoms with Crippen molar-refractivity contribution in [2.75, 3.05) is 0 Å². The largest absolute Gasteiger partial charge is 0.506 e. The number of hydrogen-bond acceptors (Lipinski definition) is 3. The lowest BCUT2D eigenvalue weighted by Gasteiger charge is -2.16. The van der Waals surface area contributed by atoms with E-state index >= 15 is 0 Å². The molecule has 4 nitrogen and oxygen atoms in total. The molecule has 1 rings (SSSR count). The molecule has 0 aromatic heterocycles. The molecule has 0 aliphatic heterocycles. The number of phenols is 1. The first-order valence-corrected chi connectivity index (χ1v) is 6.29. The number of phenolic OH excluding ortho intramolecular Hbond substituents is 1. The number of rotatable bonds is 5. The third-order valence-corrected chi connectivity index (χ3v) is 2.75. The Balaban J connectivity index is 2.49. The molecule has 0 heterocycles. The van der Waals surface area contributed by atoms with Gasteiger partial charge in [0.05, 0.1) is 11.1 Å². The summed E-state index contributed by atoms with van der Waals surface area (Å²) in [6.45, 7) is 6.17. The Morgan fingerprint density at radius 1 is 1.39 bits per heavy atom. The van der Waals surface area contributed by atoms with E-state index < -0.39 is 0 Å². The van der Waals surface area contributed by atoms with Gasteiger partial charge in [-0.25, -0.2) is 0 Å². The second-order valence-corrected chi connectivity index (χ2v) is 4.96. The van der Waals surface area contributed by atoms with Crippen LogP contribution in [0.4, 0.5) is 0 Å². The Kier molecular flexibility index (Phi) is 5.44. The smallest absolute Gasteiger partial charge is 0.237 e. The summed E-state index contributed by atoms with van der Waals surface area (Å²) in [5.41, 5.74) is 0.919. The van der Waals surface area contributed by atoms with Crippen molar-refractivity contribution in [1.82, 2.24) is 10.6 Å². The van der Waals surface area contributed by atoms with Crippen LogP contribution in [0.1, 0.15) is 26.3 Å². The maximum Gasteiger partial charge on any atom is 0.237 e. The zero-order chi connectivity index (χ0) is 13.7. The zero-order valence-corrected chi connectivity index (χ0v) is 11.6. The maximum absolute atomic E-state index is 11.7. The van der Waals surface area contributed by atoms with E-state index in [1.807, 2.05) is 13.8 Å². The van der Waals surface area contributed by atoms with E-state index in [0.29, 0.717) is 11.6 Å². The van der Waals surface area contributed by atoms with Crippen LogP contribution < -0.4 is 10.6 Å². The van der Waals surface area contributed by atoms with E-state index in [1.54, 1.807) is 19.1 Å². The van der Waals surface area contributed by atoms with Gasteiger partial charge in [-0.05, 0) is 38.5 Å². The highest BCUT2D eigenvalue weighted by molar-refractivity contribution is 6.32. The maximum atomic E-state index is 11.7. The molecule has 5 heteroatoms. The quantitative estimate of drug-likeness (QED) is 0.767. The molecule has 100 valence electrons. The number of aromatic hydroxyl groups is 1. The van der Waals surface area contributed by atoms with Crippen LogP contribution in [0.15, 0.2) is 18.2 Å². The number of hydrogen-bond donors (Lipinski definition) is 3. The van der Waals surface area contributed by atoms with Crippen LogP contribution >= 0.6 is 11.6 Å². The molecule has 1 amide bonds. The molecule has 0 saturated carbocycles. The van der Waals surface area contributed by atoms with Crippen molar-refractivity contribution >= 4 is 17.5 Å². The molecule has 1 atom stereocenters. The molecular weight excluding hydrogens is 252 g/mol. The second-order valence-electron chi connectivity index (χ2n) is 4.55. The molecule has 0 spiro atoms. The predicted molar refractivity (Wildman–Crippen MR) is 72.7 cm³/mol. The lowest BCUT2D eigenvalue weighted by Crippen LogP contribution is -2.44. The summed E-state index contributed by atoms with van der Waals surface area (Å²) in [5, 5.41) is 15.5. The van der Waals surface area contributed by atoms with E-state index in [4.69, 9.17) is 11.6 Å². The third-order valence-electron chi connectivity index (χ3n) is 2.45. The predicted octanol–water partition coefficient (Wildman–Crippen LogP) is 2.05. The van der Waals surface area contributed by atoms with Gasteiger partial charge in [0, 0.05) is 12.6 Å². The summed E-state index contributed by atoms with van der Waals surface area (Å²) in [7, 11) is 0. The number of nitrogens with one attached hydrogen (secondary N) is 2. The number of carbonyl (C=O) groups excluding carboxylic acids is 1. The summed E-state index contributed by atoms with van der Waals surface area (Å²) in [4.78, 5) is 11.7. The fourth-order valence-electron chi connectivity index (χ4n) is 1.43. The second kappa shape index (κ2) is 6.61. The van der Waals surface area contributed by atoms with Gasteiger partial charge in [0.25, 0.3) is 0 Å². The Bertz CT molecular complexity index is 421. The lowest BCUT2D eigenvalue weighted by molar-refractivity contribution is -0.123. The topological polar surface area (TPSA) is 61.4 Å². The SMILES string of the molecule is CC(C)NC(=O)C(C)NCc1ccc(O)c(Cl)c1. The molecule has 1 unspecified atom stereocenters. The average molecular weight is 271 g/mol. The summed E-state index contributed by atoms with van der Waals surface area (Å²) >= 11 is 5.80. The van der Waals surface area contributed by atoms with Crippen LogP contribution in [0.3, 0.4) is 0 Å². The minimum atomic E-state index is -0.278. The Morgan fingerprint density at radius 3 is 2.61 bits per heavy atom. The van der Waals surface area contributed by atoms with Gasteiger partial charge in [0.1, 0.15) is 5.75 Å². The van der Waals surface area contributed by atoms with E-state index in [0.717, 1.165) is 5.56 Å². The van der Waals surface area contributed by atoms with Gasteiger partial charge < -0.3 is 15.7 Å². The minimum Gasteiger partial charge on any atom is -0.506 e. The highest BCUT2D eigenvalue weighted by Gasteiger charge is 2.12. The van der Waals surface area contributed by atoms with Gasteiger partial charge in [-0.3, -0.25) is 4.79 Å². The zero-order valence-electron chi connectivity index (χ0n) is 10.8. The van der Waals surface area contributed by atoms with Gasteiger partial charge in [0.15, 0.2) is 0 Å². The number of halogens is 1. The highest BCUT2D eigenvalue weighted by Crippen LogP contribution is 2.23. The standard InChI is InChI=1S/C13H19ClN2O2/c1-8(2)16-13(18)9(3)15-7-10-4-5-12(17)11(14)6-10/h4-6,8-9,15,17H,7H2,1-3H3,(H,16,18). The van der Waals surface area contributed by atoms with Gasteiger partial charge in [-0.15, -0.1) is 0 Å². The Morgan fingerprint density at radius 2 is 2.06 bits per heavy atom. The van der Waals surface area contributed by atoms with E-state index in [9.17, 15) is 9.90 Å². The van der Waals surface area contributed by atoms with E-state index in [1.165, 1.54) is 6.07 Å². The van der Waals surface area contributed by atoms with Crippen molar-refractivity contribution in [3.8, 4) is 5.75 Å². The molecule has 3 N–H and O–H groups in total. The first-order chi connectivity index (χ1) is 8.40. The number of carbonyl (C=O) groups is 1. The first-order valence-electron chi connectivity index (χ1n) is 5.91. The van der Waals surface area contributed by atoms with Crippen LogP contribution in [0.5, 0.6) is 5.75 Å². The van der Waals surface area contributed by atoms with Crippen molar-refractivity contribution in [3.63, 3.8) is 0 Å². The van der Waals surface area contributed by atoms with Crippen LogP contribution in [0.2, 0.25) is 5.02 Å². The van der Waals surface area contributed by atoms with Gasteiger partial charge in [-0.2, -0.15) is 0 Å². The number of amides is 1. The summed E-state index contributed by atoms with van der Waals surface area (Å²) < 4.78 is 0. The van der Waals surface area contributed by atoms with Crippen LogP contribution in [-0.4, -0.2) is 23.1 Å². The summed E-state index contributed by atoms with van der Waals surface area (Å²) in [5.74, 6) is 0.0286. The van der Waals surface area contributed by atoms with Crippen LogP contribution in [0, 0.1) is 0 Å². The van der Waals surface area contributed by atoms with Crippen molar-refractivity contribution in [1.29, 1.82) is 0 Å². The first kappa shape index (κ1) is 14.8. The van der Waals surface area contributed by atoms with Crippen molar-refractivity contribution in [2.45, 2.75) is 39.4 Å². The Hall–Kier alpha value is -1.26. The normalized spacial score (nSPS) is 12.5. The fourth-order valence-corrected chi connectivity index (χ4v) is 1.64. The van der Waals surface area contributed by atoms with Crippen LogP contribution in [-0.2, 0) is 11.3 Å². The molecule has 18 heavy (non-hydrogen) atoms. The van der Waals surface area contributed by atoms with Crippen molar-refractivity contribution < 1.29 is 9.90 Å². The van der Waals surface area contributed by atoms with E-state index in [-0.39, 0.29) is 23.7 Å². The summed E-state index contributed by atoms with van der Waals surface area (Å²) in [6, 6.07) is 4.83. The molecular formula is C13H19ClN2O2. The monoisotopic (exact) mass is 270 g/mol. The highest BCUT2D eigenvalue weighted by atomic mass is 35.5. The van der Waals surface area contributed by atoms with E-state index in [2.05, 4.69) is 10.6 Å². The molecule has 0 bridgehead atoms. The van der Waals surface area contributed by atoms with Gasteiger partial charge in [-0.1, -0.05) is 17.7 Å². The van der Waals surface area contributed by atoms with Crippen molar-refractivity contribution in [2.24, 2.45) is 0 Å². The molecule has 1 aromatic rings. The van der Waals surface area contributed by atoms with Gasteiger partial charge >= 0.3 is 0 Å². The number of benzene rings is 1. The van der Waals surface area contributed by atoms with Gasteiger partial charge in [0.2, 0.25) is 5.91 Å².